The number of piperidine rings is 1. The van der Waals surface area contributed by atoms with E-state index in [1.807, 2.05) is 0 Å². The summed E-state index contributed by atoms with van der Waals surface area (Å²) in [5.74, 6) is 0.721. The number of hydrogen-bond acceptors (Lipinski definition) is 3. The third-order valence-electron chi connectivity index (χ3n) is 2.48. The molecule has 1 unspecified atom stereocenters. The van der Waals surface area contributed by atoms with E-state index < -0.39 is 5.37 Å². The van der Waals surface area contributed by atoms with Gasteiger partial charge in [0.2, 0.25) is 0 Å². The quantitative estimate of drug-likeness (QED) is 0.572. The van der Waals surface area contributed by atoms with Crippen molar-refractivity contribution in [3.05, 3.63) is 12.2 Å². The van der Waals surface area contributed by atoms with Crippen LogP contribution in [0.4, 0.5) is 4.79 Å². The number of nitrogens with one attached hydrogen (secondary N) is 1. The maximum absolute atomic E-state index is 11.1. The molecule has 1 aromatic rings. The topological polar surface area (TPSA) is 61.9 Å². The van der Waals surface area contributed by atoms with E-state index in [0.717, 1.165) is 25.1 Å². The number of halogens is 1. The zero-order chi connectivity index (χ0) is 9.97. The lowest BCUT2D eigenvalue weighted by Crippen LogP contribution is -2.35. The molecule has 1 aliphatic heterocycles. The van der Waals surface area contributed by atoms with E-state index in [4.69, 9.17) is 11.6 Å². The Hall–Kier alpha value is -1.10. The van der Waals surface area contributed by atoms with Gasteiger partial charge >= 0.3 is 5.37 Å². The number of carbonyl (C=O) groups excluding carboxylic acids is 1. The first kappa shape index (κ1) is 9.45. The molecule has 1 fully saturated rings. The molecule has 1 N–H and O–H groups in total. The highest BCUT2D eigenvalue weighted by Gasteiger charge is 2.28. The van der Waals surface area contributed by atoms with Crippen LogP contribution >= 0.6 is 11.6 Å². The van der Waals surface area contributed by atoms with Gasteiger partial charge in [0, 0.05) is 6.54 Å². The predicted molar refractivity (Wildman–Crippen MR) is 50.9 cm³/mol. The zero-order valence-corrected chi connectivity index (χ0v) is 8.37. The molecule has 0 radical (unpaired) electrons. The second-order valence-corrected chi connectivity index (χ2v) is 3.65. The van der Waals surface area contributed by atoms with E-state index in [-0.39, 0.29) is 6.04 Å². The summed E-state index contributed by atoms with van der Waals surface area (Å²) in [4.78, 5) is 16.8. The molecule has 0 spiro atoms. The molecule has 0 bridgehead atoms. The number of nitrogens with zero attached hydrogens (tertiary/aromatic N) is 3. The van der Waals surface area contributed by atoms with Crippen LogP contribution in [0, 0.1) is 0 Å². The summed E-state index contributed by atoms with van der Waals surface area (Å²) in [5, 5.41) is 6.14. The minimum absolute atomic E-state index is 0.0313. The summed E-state index contributed by atoms with van der Waals surface area (Å²) in [6.45, 7) is 0.702. The van der Waals surface area contributed by atoms with Crippen molar-refractivity contribution in [3.63, 3.8) is 0 Å². The van der Waals surface area contributed by atoms with Crippen LogP contribution in [0.15, 0.2) is 6.33 Å². The van der Waals surface area contributed by atoms with Crippen molar-refractivity contribution in [3.8, 4) is 0 Å². The van der Waals surface area contributed by atoms with Crippen LogP contribution in [0.1, 0.15) is 31.1 Å². The molecular weight excluding hydrogens is 204 g/mol. The number of amides is 1. The Kier molecular flexibility index (Phi) is 2.67. The van der Waals surface area contributed by atoms with E-state index in [0.29, 0.717) is 6.54 Å². The number of aromatic nitrogens is 3. The summed E-state index contributed by atoms with van der Waals surface area (Å²) in [6.07, 6.45) is 4.43. The van der Waals surface area contributed by atoms with Crippen molar-refractivity contribution in [2.45, 2.75) is 25.3 Å². The molecule has 2 rings (SSSR count). The average molecular weight is 215 g/mol. The van der Waals surface area contributed by atoms with Crippen molar-refractivity contribution < 1.29 is 4.79 Å². The minimum Gasteiger partial charge on any atom is -0.319 e. The third kappa shape index (κ3) is 1.72. The van der Waals surface area contributed by atoms with Crippen molar-refractivity contribution in [1.82, 2.24) is 20.1 Å². The molecule has 1 amide bonds. The summed E-state index contributed by atoms with van der Waals surface area (Å²) in [7, 11) is 0. The maximum atomic E-state index is 11.1. The molecule has 0 aromatic carbocycles. The smallest absolute Gasteiger partial charge is 0.316 e. The maximum Gasteiger partial charge on any atom is 0.316 e. The van der Waals surface area contributed by atoms with Crippen molar-refractivity contribution in [2.24, 2.45) is 0 Å². The van der Waals surface area contributed by atoms with Crippen LogP contribution in [-0.4, -0.2) is 32.0 Å². The number of H-pyrrole nitrogens is 1. The van der Waals surface area contributed by atoms with Gasteiger partial charge in [-0.2, -0.15) is 5.10 Å². The van der Waals surface area contributed by atoms with Gasteiger partial charge in [0.15, 0.2) is 0 Å². The predicted octanol–water partition coefficient (Wildman–Crippen LogP) is 1.69. The first-order valence-electron chi connectivity index (χ1n) is 4.60. The van der Waals surface area contributed by atoms with Gasteiger partial charge in [-0.15, -0.1) is 0 Å². The van der Waals surface area contributed by atoms with Crippen LogP contribution in [0.3, 0.4) is 0 Å². The summed E-state index contributed by atoms with van der Waals surface area (Å²) in [5.41, 5.74) is 0. The lowest BCUT2D eigenvalue weighted by atomic mass is 10.0. The number of hydrogen-bond donors (Lipinski definition) is 1. The Morgan fingerprint density at radius 1 is 1.64 bits per heavy atom. The molecule has 14 heavy (non-hydrogen) atoms. The van der Waals surface area contributed by atoms with Gasteiger partial charge < -0.3 is 4.90 Å². The lowest BCUT2D eigenvalue weighted by molar-refractivity contribution is 0.168. The molecule has 0 saturated carbocycles. The molecule has 0 aliphatic carbocycles. The minimum atomic E-state index is -0.411. The fourth-order valence-corrected chi connectivity index (χ4v) is 2.00. The van der Waals surface area contributed by atoms with E-state index in [2.05, 4.69) is 15.2 Å². The van der Waals surface area contributed by atoms with Crippen molar-refractivity contribution in [1.29, 1.82) is 0 Å². The van der Waals surface area contributed by atoms with Crippen LogP contribution in [0.2, 0.25) is 0 Å². The second-order valence-electron chi connectivity index (χ2n) is 3.33. The van der Waals surface area contributed by atoms with Gasteiger partial charge in [-0.25, -0.2) is 4.98 Å². The molecule has 1 aliphatic rings. The summed E-state index contributed by atoms with van der Waals surface area (Å²) >= 11 is 5.49. The zero-order valence-electron chi connectivity index (χ0n) is 7.61. The number of carbonyl (C=O) groups is 1. The van der Waals surface area contributed by atoms with Gasteiger partial charge in [-0.05, 0) is 30.9 Å². The Morgan fingerprint density at radius 3 is 3.14 bits per heavy atom. The Labute approximate surface area is 86.5 Å². The average Bonchev–Trinajstić information content (AvgIpc) is 2.70. The van der Waals surface area contributed by atoms with Gasteiger partial charge in [-0.1, -0.05) is 0 Å². The van der Waals surface area contributed by atoms with Gasteiger partial charge in [-0.3, -0.25) is 9.89 Å². The summed E-state index contributed by atoms with van der Waals surface area (Å²) in [6, 6.07) is -0.0313. The largest absolute Gasteiger partial charge is 0.319 e. The summed E-state index contributed by atoms with van der Waals surface area (Å²) < 4.78 is 0. The van der Waals surface area contributed by atoms with E-state index in [9.17, 15) is 4.79 Å². The fourth-order valence-electron chi connectivity index (χ4n) is 1.80. The molecule has 1 atom stereocenters. The molecular formula is C8H11ClN4O. The normalized spacial score (nSPS) is 22.4. The van der Waals surface area contributed by atoms with Gasteiger partial charge in [0.05, 0.1) is 6.04 Å². The Morgan fingerprint density at radius 2 is 2.50 bits per heavy atom. The van der Waals surface area contributed by atoms with Crippen LogP contribution in [0.25, 0.3) is 0 Å². The highest BCUT2D eigenvalue weighted by Crippen LogP contribution is 2.29. The molecule has 2 heterocycles. The SMILES string of the molecule is O=C(Cl)N1CCCCC1c1ncn[nH]1. The Bertz CT molecular complexity index is 313. The lowest BCUT2D eigenvalue weighted by Gasteiger charge is -2.32. The highest BCUT2D eigenvalue weighted by atomic mass is 35.5. The standard InChI is InChI=1S/C8H11ClN4O/c9-8(14)13-4-2-1-3-6(13)7-10-5-11-12-7/h5-6H,1-4H2,(H,10,11,12). The number of aromatic amines is 1. The second kappa shape index (κ2) is 3.96. The third-order valence-corrected chi connectivity index (χ3v) is 2.70. The highest BCUT2D eigenvalue weighted by molar-refractivity contribution is 6.62. The molecule has 1 aromatic heterocycles. The van der Waals surface area contributed by atoms with Crippen molar-refractivity contribution in [2.75, 3.05) is 6.54 Å². The van der Waals surface area contributed by atoms with Gasteiger partial charge in [0.25, 0.3) is 0 Å². The molecule has 5 nitrogen and oxygen atoms in total. The van der Waals surface area contributed by atoms with Crippen LogP contribution in [-0.2, 0) is 0 Å². The number of likely N-dealkylation sites (tertiary alicyclic amines) is 1. The monoisotopic (exact) mass is 214 g/mol. The Balaban J connectivity index is 2.18. The van der Waals surface area contributed by atoms with Crippen LogP contribution < -0.4 is 0 Å². The van der Waals surface area contributed by atoms with E-state index in [1.54, 1.807) is 4.90 Å². The van der Waals surface area contributed by atoms with Gasteiger partial charge in [0.1, 0.15) is 12.2 Å². The molecule has 76 valence electrons. The number of rotatable bonds is 1. The molecule has 6 heteroatoms. The van der Waals surface area contributed by atoms with Crippen LogP contribution in [0.5, 0.6) is 0 Å². The van der Waals surface area contributed by atoms with Crippen molar-refractivity contribution >= 4 is 17.0 Å². The van der Waals surface area contributed by atoms with E-state index in [1.165, 1.54) is 6.33 Å². The first-order valence-corrected chi connectivity index (χ1v) is 4.98. The fraction of sp³-hybridized carbons (Fsp3) is 0.625. The first-order chi connectivity index (χ1) is 6.79. The molecule has 1 saturated heterocycles. The van der Waals surface area contributed by atoms with E-state index >= 15 is 0 Å².